The Balaban J connectivity index is 1.49. The molecule has 2 aromatic carbocycles. The Morgan fingerprint density at radius 1 is 1.00 bits per heavy atom. The van der Waals surface area contributed by atoms with Crippen LogP contribution in [0.15, 0.2) is 95.1 Å². The third kappa shape index (κ3) is 5.18. The van der Waals surface area contributed by atoms with Crippen molar-refractivity contribution in [3.8, 4) is 16.5 Å². The molecule has 0 bridgehead atoms. The highest BCUT2D eigenvalue weighted by atomic mass is 32.1. The molecule has 8 heteroatoms. The van der Waals surface area contributed by atoms with Crippen molar-refractivity contribution >= 4 is 23.1 Å². The molecular formula is C28H25N5O2S. The highest BCUT2D eigenvalue weighted by Crippen LogP contribution is 2.30. The van der Waals surface area contributed by atoms with Crippen LogP contribution in [0.2, 0.25) is 0 Å². The van der Waals surface area contributed by atoms with Crippen LogP contribution in [0, 0.1) is 0 Å². The van der Waals surface area contributed by atoms with Crippen molar-refractivity contribution in [2.45, 2.75) is 25.7 Å². The van der Waals surface area contributed by atoms with Crippen LogP contribution < -0.4 is 10.9 Å². The van der Waals surface area contributed by atoms with Gasteiger partial charge >= 0.3 is 0 Å². The molecule has 1 amide bonds. The lowest BCUT2D eigenvalue weighted by atomic mass is 9.88. The van der Waals surface area contributed by atoms with Gasteiger partial charge in [-0.1, -0.05) is 73.7 Å². The van der Waals surface area contributed by atoms with Crippen LogP contribution in [0.1, 0.15) is 36.1 Å². The number of carbonyl (C=O) groups excluding carboxylic acids is 1. The van der Waals surface area contributed by atoms with Crippen molar-refractivity contribution in [3.63, 3.8) is 0 Å². The first-order valence-corrected chi connectivity index (χ1v) is 12.6. The van der Waals surface area contributed by atoms with E-state index in [2.05, 4.69) is 20.4 Å². The normalized spacial score (nSPS) is 11.1. The van der Waals surface area contributed by atoms with Crippen molar-refractivity contribution in [2.24, 2.45) is 0 Å². The van der Waals surface area contributed by atoms with Crippen LogP contribution in [0.5, 0.6) is 0 Å². The van der Waals surface area contributed by atoms with Crippen LogP contribution in [-0.4, -0.2) is 25.7 Å². The molecule has 5 rings (SSSR count). The molecule has 2 N–H and O–H groups in total. The summed E-state index contributed by atoms with van der Waals surface area (Å²) >= 11 is 1.55. The van der Waals surface area contributed by atoms with Crippen molar-refractivity contribution < 1.29 is 4.79 Å². The monoisotopic (exact) mass is 495 g/mol. The Kier molecular flexibility index (Phi) is 6.86. The second kappa shape index (κ2) is 10.5. The molecule has 0 unspecified atom stereocenters. The number of amides is 1. The zero-order valence-corrected chi connectivity index (χ0v) is 20.5. The van der Waals surface area contributed by atoms with Gasteiger partial charge in [0.15, 0.2) is 0 Å². The minimum atomic E-state index is -0.268. The molecule has 3 aromatic heterocycles. The van der Waals surface area contributed by atoms with Gasteiger partial charge in [-0.25, -0.2) is 4.98 Å². The summed E-state index contributed by atoms with van der Waals surface area (Å²) < 4.78 is 1.49. The van der Waals surface area contributed by atoms with Crippen molar-refractivity contribution in [1.82, 2.24) is 19.7 Å². The predicted octanol–water partition coefficient (Wildman–Crippen LogP) is 5.41. The zero-order valence-electron chi connectivity index (χ0n) is 19.7. The molecule has 3 heterocycles. The quantitative estimate of drug-likeness (QED) is 0.301. The van der Waals surface area contributed by atoms with Gasteiger partial charge in [-0.3, -0.25) is 14.6 Å². The molecular weight excluding hydrogens is 470 g/mol. The van der Waals surface area contributed by atoms with Gasteiger partial charge in [-0.15, -0.1) is 11.3 Å². The topological polar surface area (TPSA) is 92.7 Å². The van der Waals surface area contributed by atoms with Gasteiger partial charge in [-0.05, 0) is 29.0 Å². The fourth-order valence-electron chi connectivity index (χ4n) is 4.13. The summed E-state index contributed by atoms with van der Waals surface area (Å²) in [5.74, 6) is 0.433. The SMILES string of the molecule is CCc1cc(=O)[nH]c(-n2nc(-c3cccs3)cc2NC(=O)CC(c2ccccc2)c2ccccc2)n1. The van der Waals surface area contributed by atoms with E-state index in [0.717, 1.165) is 16.0 Å². The highest BCUT2D eigenvalue weighted by molar-refractivity contribution is 7.13. The Bertz CT molecular complexity index is 1470. The van der Waals surface area contributed by atoms with Gasteiger partial charge in [-0.2, -0.15) is 9.78 Å². The molecule has 7 nitrogen and oxygen atoms in total. The minimum absolute atomic E-state index is 0.109. The van der Waals surface area contributed by atoms with E-state index in [1.165, 1.54) is 10.7 Å². The van der Waals surface area contributed by atoms with Crippen LogP contribution in [-0.2, 0) is 11.2 Å². The number of aromatic nitrogens is 4. The fraction of sp³-hybridized carbons (Fsp3) is 0.143. The fourth-order valence-corrected chi connectivity index (χ4v) is 4.81. The van der Waals surface area contributed by atoms with Crippen LogP contribution >= 0.6 is 11.3 Å². The highest BCUT2D eigenvalue weighted by Gasteiger charge is 2.21. The van der Waals surface area contributed by atoms with E-state index in [-0.39, 0.29) is 29.8 Å². The molecule has 0 aliphatic rings. The van der Waals surface area contributed by atoms with E-state index in [1.807, 2.05) is 91.2 Å². The number of aryl methyl sites for hydroxylation is 1. The van der Waals surface area contributed by atoms with Crippen molar-refractivity contribution in [1.29, 1.82) is 0 Å². The molecule has 0 spiro atoms. The summed E-state index contributed by atoms with van der Waals surface area (Å²) in [5.41, 5.74) is 3.19. The number of anilines is 1. The number of H-pyrrole nitrogens is 1. The summed E-state index contributed by atoms with van der Waals surface area (Å²) in [6.07, 6.45) is 0.847. The summed E-state index contributed by atoms with van der Waals surface area (Å²) in [6, 6.07) is 27.2. The van der Waals surface area contributed by atoms with Crippen LogP contribution in [0.3, 0.4) is 0 Å². The lowest BCUT2D eigenvalue weighted by molar-refractivity contribution is -0.116. The van der Waals surface area contributed by atoms with Gasteiger partial charge in [0.1, 0.15) is 11.5 Å². The first-order chi connectivity index (χ1) is 17.6. The van der Waals surface area contributed by atoms with Gasteiger partial charge in [0.2, 0.25) is 11.9 Å². The molecule has 36 heavy (non-hydrogen) atoms. The van der Waals surface area contributed by atoms with E-state index < -0.39 is 0 Å². The molecule has 180 valence electrons. The van der Waals surface area contributed by atoms with Crippen molar-refractivity contribution in [3.05, 3.63) is 117 Å². The van der Waals surface area contributed by atoms with Gasteiger partial charge in [0.25, 0.3) is 5.56 Å². The molecule has 0 saturated carbocycles. The van der Waals surface area contributed by atoms with Gasteiger partial charge in [0.05, 0.1) is 4.88 Å². The van der Waals surface area contributed by atoms with Gasteiger partial charge in [0, 0.05) is 30.2 Å². The maximum atomic E-state index is 13.4. The van der Waals surface area contributed by atoms with E-state index in [4.69, 9.17) is 0 Å². The molecule has 0 atom stereocenters. The first kappa shape index (κ1) is 23.4. The smallest absolute Gasteiger partial charge is 0.252 e. The molecule has 0 aliphatic carbocycles. The number of hydrogen-bond acceptors (Lipinski definition) is 5. The summed E-state index contributed by atoms with van der Waals surface area (Å²) in [6.45, 7) is 1.93. The molecule has 0 radical (unpaired) electrons. The predicted molar refractivity (Wildman–Crippen MR) is 143 cm³/mol. The third-order valence-electron chi connectivity index (χ3n) is 5.89. The lowest BCUT2D eigenvalue weighted by Crippen LogP contribution is -2.20. The number of rotatable bonds is 8. The maximum absolute atomic E-state index is 13.4. The average Bonchev–Trinajstić information content (AvgIpc) is 3.58. The number of hydrogen-bond donors (Lipinski definition) is 2. The largest absolute Gasteiger partial charge is 0.310 e. The standard InChI is InChI=1S/C28H25N5O2S/c1-2-21-16-26(34)31-28(29-21)33-25(18-23(32-33)24-14-9-15-36-24)30-27(35)17-22(19-10-5-3-6-11-19)20-12-7-4-8-13-20/h3-16,18,22H,2,17H2,1H3,(H,30,35)(H,29,31,34). The Morgan fingerprint density at radius 3 is 2.31 bits per heavy atom. The number of thiophene rings is 1. The van der Waals surface area contributed by atoms with Gasteiger partial charge < -0.3 is 5.32 Å². The number of nitrogens with zero attached hydrogens (tertiary/aromatic N) is 3. The van der Waals surface area contributed by atoms with E-state index in [9.17, 15) is 9.59 Å². The first-order valence-electron chi connectivity index (χ1n) is 11.7. The second-order valence-corrected chi connectivity index (χ2v) is 9.29. The Labute approximate surface area is 212 Å². The number of benzene rings is 2. The third-order valence-corrected chi connectivity index (χ3v) is 6.78. The van der Waals surface area contributed by atoms with E-state index in [1.54, 1.807) is 11.3 Å². The maximum Gasteiger partial charge on any atom is 0.252 e. The molecule has 0 saturated heterocycles. The lowest BCUT2D eigenvalue weighted by Gasteiger charge is -2.18. The summed E-state index contributed by atoms with van der Waals surface area (Å²) in [5, 5.41) is 9.66. The van der Waals surface area contributed by atoms with E-state index in [0.29, 0.717) is 23.6 Å². The minimum Gasteiger partial charge on any atom is -0.310 e. The van der Waals surface area contributed by atoms with Crippen molar-refractivity contribution in [2.75, 3.05) is 5.32 Å². The van der Waals surface area contributed by atoms with Crippen LogP contribution in [0.25, 0.3) is 16.5 Å². The number of aromatic amines is 1. The Hall–Kier alpha value is -4.30. The number of carbonyl (C=O) groups is 1. The Morgan fingerprint density at radius 2 is 1.69 bits per heavy atom. The number of nitrogens with one attached hydrogen (secondary N) is 2. The molecule has 0 aliphatic heterocycles. The van der Waals surface area contributed by atoms with E-state index >= 15 is 0 Å². The molecule has 0 fully saturated rings. The molecule has 5 aromatic rings. The van der Waals surface area contributed by atoms with Crippen LogP contribution in [0.4, 0.5) is 5.82 Å². The summed E-state index contributed by atoms with van der Waals surface area (Å²) in [4.78, 5) is 33.9. The average molecular weight is 496 g/mol. The zero-order chi connectivity index (χ0) is 24.9. The summed E-state index contributed by atoms with van der Waals surface area (Å²) in [7, 11) is 0. The second-order valence-electron chi connectivity index (χ2n) is 8.34.